The van der Waals surface area contributed by atoms with Crippen LogP contribution in [0.15, 0.2) is 72.9 Å². The van der Waals surface area contributed by atoms with Crippen LogP contribution in [0.3, 0.4) is 0 Å². The molecule has 0 spiro atoms. The number of carbonyl (C=O) groups is 1. The molecule has 1 atom stereocenters. The zero-order valence-electron chi connectivity index (χ0n) is 10.2. The number of hydrogen-bond donors (Lipinski definition) is 0. The minimum absolute atomic E-state index is 0.0320. The van der Waals surface area contributed by atoms with E-state index in [4.69, 9.17) is 0 Å². The van der Waals surface area contributed by atoms with E-state index in [0.29, 0.717) is 5.92 Å². The van der Waals surface area contributed by atoms with E-state index < -0.39 is 0 Å². The summed E-state index contributed by atoms with van der Waals surface area (Å²) < 4.78 is 0. The molecule has 0 aromatic carbocycles. The van der Waals surface area contributed by atoms with Gasteiger partial charge in [0.05, 0.1) is 0 Å². The summed E-state index contributed by atoms with van der Waals surface area (Å²) in [4.78, 5) is 11.9. The summed E-state index contributed by atoms with van der Waals surface area (Å²) in [5.74, 6) is 0.472. The first-order chi connectivity index (χ1) is 8.17. The van der Waals surface area contributed by atoms with Crippen molar-refractivity contribution in [1.82, 2.24) is 0 Å². The Labute approximate surface area is 103 Å². The first kappa shape index (κ1) is 13.2. The molecule has 0 heterocycles. The lowest BCUT2D eigenvalue weighted by molar-refractivity contribution is -0.111. The van der Waals surface area contributed by atoms with Crippen LogP contribution in [0.2, 0.25) is 0 Å². The Morgan fingerprint density at radius 3 is 2.76 bits per heavy atom. The second kappa shape index (κ2) is 6.64. The van der Waals surface area contributed by atoms with Crippen LogP contribution < -0.4 is 0 Å². The Hall–Kier alpha value is -1.89. The maximum atomic E-state index is 11.9. The molecule has 1 aliphatic rings. The van der Waals surface area contributed by atoms with Crippen molar-refractivity contribution in [2.24, 2.45) is 5.92 Å². The van der Waals surface area contributed by atoms with Gasteiger partial charge in [0.25, 0.3) is 0 Å². The average Bonchev–Trinajstić information content (AvgIpc) is 2.34. The predicted octanol–water partition coefficient (Wildman–Crippen LogP) is 3.93. The van der Waals surface area contributed by atoms with Crippen molar-refractivity contribution in [3.8, 4) is 0 Å². The first-order valence-corrected chi connectivity index (χ1v) is 5.73. The van der Waals surface area contributed by atoms with Crippen LogP contribution >= 0.6 is 0 Å². The minimum Gasteiger partial charge on any atom is -0.289 e. The van der Waals surface area contributed by atoms with E-state index in [1.165, 1.54) is 0 Å². The van der Waals surface area contributed by atoms with Crippen molar-refractivity contribution in [2.75, 3.05) is 0 Å². The fraction of sp³-hybridized carbons (Fsp3) is 0.188. The molecule has 1 aliphatic carbocycles. The highest BCUT2D eigenvalue weighted by molar-refractivity contribution is 6.06. The second-order valence-electron chi connectivity index (χ2n) is 4.04. The molecule has 0 aromatic heterocycles. The lowest BCUT2D eigenvalue weighted by atomic mass is 9.95. The van der Waals surface area contributed by atoms with Gasteiger partial charge < -0.3 is 0 Å². The van der Waals surface area contributed by atoms with Crippen molar-refractivity contribution in [3.05, 3.63) is 72.9 Å². The topological polar surface area (TPSA) is 17.1 Å². The van der Waals surface area contributed by atoms with Gasteiger partial charge in [-0.15, -0.1) is 0 Å². The van der Waals surface area contributed by atoms with Crippen molar-refractivity contribution >= 4 is 5.78 Å². The number of ketones is 1. The van der Waals surface area contributed by atoms with Gasteiger partial charge in [-0.1, -0.05) is 62.6 Å². The van der Waals surface area contributed by atoms with E-state index in [9.17, 15) is 4.79 Å². The molecule has 0 saturated carbocycles. The van der Waals surface area contributed by atoms with Gasteiger partial charge in [-0.2, -0.15) is 0 Å². The van der Waals surface area contributed by atoms with Crippen LogP contribution in [0.1, 0.15) is 13.3 Å². The van der Waals surface area contributed by atoms with Gasteiger partial charge in [0, 0.05) is 5.57 Å². The normalized spacial score (nSPS) is 20.2. The Morgan fingerprint density at radius 2 is 2.18 bits per heavy atom. The molecular formula is C16H18O. The van der Waals surface area contributed by atoms with Crippen LogP contribution in [-0.4, -0.2) is 5.78 Å². The van der Waals surface area contributed by atoms with Crippen LogP contribution in [0.25, 0.3) is 0 Å². The summed E-state index contributed by atoms with van der Waals surface area (Å²) in [7, 11) is 0. The molecular weight excluding hydrogens is 208 g/mol. The highest BCUT2D eigenvalue weighted by atomic mass is 16.1. The van der Waals surface area contributed by atoms with Crippen molar-refractivity contribution in [1.29, 1.82) is 0 Å². The van der Waals surface area contributed by atoms with Crippen molar-refractivity contribution < 1.29 is 4.79 Å². The molecule has 0 aliphatic heterocycles. The number of carbonyl (C=O) groups excluding carboxylic acids is 1. The summed E-state index contributed by atoms with van der Waals surface area (Å²) >= 11 is 0. The van der Waals surface area contributed by atoms with Gasteiger partial charge in [0.1, 0.15) is 0 Å². The van der Waals surface area contributed by atoms with Gasteiger partial charge in [0.15, 0.2) is 5.78 Å². The lowest BCUT2D eigenvalue weighted by Gasteiger charge is -2.09. The predicted molar refractivity (Wildman–Crippen MR) is 73.6 cm³/mol. The van der Waals surface area contributed by atoms with E-state index in [0.717, 1.165) is 17.6 Å². The van der Waals surface area contributed by atoms with Crippen LogP contribution in [-0.2, 0) is 4.79 Å². The molecule has 1 rings (SSSR count). The molecule has 0 saturated heterocycles. The quantitative estimate of drug-likeness (QED) is 0.512. The molecule has 17 heavy (non-hydrogen) atoms. The smallest absolute Gasteiger partial charge is 0.185 e. The average molecular weight is 226 g/mol. The summed E-state index contributed by atoms with van der Waals surface area (Å²) in [6.07, 6.45) is 15.5. The fourth-order valence-electron chi connectivity index (χ4n) is 1.60. The van der Waals surface area contributed by atoms with E-state index in [-0.39, 0.29) is 5.78 Å². The zero-order valence-corrected chi connectivity index (χ0v) is 10.2. The molecule has 88 valence electrons. The highest BCUT2D eigenvalue weighted by Gasteiger charge is 2.08. The van der Waals surface area contributed by atoms with E-state index in [1.54, 1.807) is 24.3 Å². The van der Waals surface area contributed by atoms with E-state index >= 15 is 0 Å². The number of hydrogen-bond acceptors (Lipinski definition) is 1. The van der Waals surface area contributed by atoms with Crippen LogP contribution in [0.5, 0.6) is 0 Å². The SMILES string of the molecule is C=C/C=C(C=C)/C=C/C(=O)C1=CC(C)CC=C1. The molecule has 1 unspecified atom stereocenters. The summed E-state index contributed by atoms with van der Waals surface area (Å²) in [5.41, 5.74) is 1.64. The molecule has 0 bridgehead atoms. The standard InChI is InChI=1S/C16H18O/c1-4-7-14(5-2)10-11-16(17)15-9-6-8-13(3)12-15/h4-7,9-13H,1-2,8H2,3H3/b11-10+,14-7+. The third-order valence-corrected chi connectivity index (χ3v) is 2.53. The lowest BCUT2D eigenvalue weighted by Crippen LogP contribution is -2.03. The molecule has 0 amide bonds. The van der Waals surface area contributed by atoms with Crippen molar-refractivity contribution in [2.45, 2.75) is 13.3 Å². The monoisotopic (exact) mass is 226 g/mol. The molecule has 0 N–H and O–H groups in total. The number of allylic oxidation sites excluding steroid dienone is 10. The maximum absolute atomic E-state index is 11.9. The third-order valence-electron chi connectivity index (χ3n) is 2.53. The molecule has 0 radical (unpaired) electrons. The highest BCUT2D eigenvalue weighted by Crippen LogP contribution is 2.17. The maximum Gasteiger partial charge on any atom is 0.185 e. The Kier molecular flexibility index (Phi) is 5.15. The summed E-state index contributed by atoms with van der Waals surface area (Å²) in [6, 6.07) is 0. The summed E-state index contributed by atoms with van der Waals surface area (Å²) in [5, 5.41) is 0. The fourth-order valence-corrected chi connectivity index (χ4v) is 1.60. The third kappa shape index (κ3) is 4.23. The molecule has 1 heteroatoms. The molecule has 0 aromatic rings. The Bertz CT molecular complexity index is 430. The molecule has 1 nitrogen and oxygen atoms in total. The largest absolute Gasteiger partial charge is 0.289 e. The van der Waals surface area contributed by atoms with Gasteiger partial charge >= 0.3 is 0 Å². The van der Waals surface area contributed by atoms with Gasteiger partial charge in [0.2, 0.25) is 0 Å². The minimum atomic E-state index is 0.0320. The number of rotatable bonds is 5. The van der Waals surface area contributed by atoms with Gasteiger partial charge in [-0.3, -0.25) is 4.79 Å². The Balaban J connectivity index is 2.75. The van der Waals surface area contributed by atoms with E-state index in [2.05, 4.69) is 20.1 Å². The zero-order chi connectivity index (χ0) is 12.7. The Morgan fingerprint density at radius 1 is 1.41 bits per heavy atom. The van der Waals surface area contributed by atoms with Crippen molar-refractivity contribution in [3.63, 3.8) is 0 Å². The van der Waals surface area contributed by atoms with Gasteiger partial charge in [-0.05, 0) is 24.0 Å². The van der Waals surface area contributed by atoms with Gasteiger partial charge in [-0.25, -0.2) is 0 Å². The van der Waals surface area contributed by atoms with Crippen LogP contribution in [0, 0.1) is 5.92 Å². The second-order valence-corrected chi connectivity index (χ2v) is 4.04. The van der Waals surface area contributed by atoms with E-state index in [1.807, 2.05) is 24.3 Å². The summed E-state index contributed by atoms with van der Waals surface area (Å²) in [6.45, 7) is 9.39. The van der Waals surface area contributed by atoms with Crippen LogP contribution in [0.4, 0.5) is 0 Å². The first-order valence-electron chi connectivity index (χ1n) is 5.73. The molecule has 0 fully saturated rings.